The van der Waals surface area contributed by atoms with E-state index in [1.54, 1.807) is 11.8 Å². The summed E-state index contributed by atoms with van der Waals surface area (Å²) in [5, 5.41) is 10.4. The van der Waals surface area contributed by atoms with Crippen LogP contribution < -0.4 is 0 Å². The van der Waals surface area contributed by atoms with Gasteiger partial charge < -0.3 is 4.40 Å². The Hall–Kier alpha value is -3.09. The lowest BCUT2D eigenvalue weighted by Gasteiger charge is -2.10. The number of hydrogen-bond donors (Lipinski definition) is 0. The Morgan fingerprint density at radius 2 is 1.66 bits per heavy atom. The second-order valence-electron chi connectivity index (χ2n) is 6.47. The molecule has 0 aliphatic carbocycles. The fourth-order valence-electron chi connectivity index (χ4n) is 3.16. The van der Waals surface area contributed by atoms with Crippen molar-refractivity contribution in [1.82, 2.24) is 24.1 Å². The molecule has 0 saturated carbocycles. The van der Waals surface area contributed by atoms with E-state index in [1.165, 1.54) is 0 Å². The molecule has 5 aromatic rings. The lowest BCUT2D eigenvalue weighted by atomic mass is 10.2. The highest BCUT2D eigenvalue weighted by atomic mass is 35.5. The third-order valence-corrected chi connectivity index (χ3v) is 5.73. The summed E-state index contributed by atoms with van der Waals surface area (Å²) < 4.78 is 4.08. The molecule has 3 aromatic heterocycles. The second-order valence-corrected chi connectivity index (χ2v) is 7.85. The maximum atomic E-state index is 6.09. The van der Waals surface area contributed by atoms with Crippen LogP contribution in [-0.4, -0.2) is 24.1 Å². The third kappa shape index (κ3) is 3.64. The highest BCUT2D eigenvalue weighted by Gasteiger charge is 2.16. The average molecular weight is 418 g/mol. The predicted molar refractivity (Wildman–Crippen MR) is 117 cm³/mol. The van der Waals surface area contributed by atoms with Gasteiger partial charge in [-0.15, -0.1) is 10.2 Å². The number of halogens is 1. The van der Waals surface area contributed by atoms with E-state index >= 15 is 0 Å². The lowest BCUT2D eigenvalue weighted by Crippen LogP contribution is -1.99. The number of rotatable bonds is 5. The first-order valence-corrected chi connectivity index (χ1v) is 10.5. The lowest BCUT2D eigenvalue weighted by molar-refractivity contribution is 0.885. The van der Waals surface area contributed by atoms with Gasteiger partial charge in [0, 0.05) is 34.4 Å². The molecule has 7 heteroatoms. The Balaban J connectivity index is 1.52. The Morgan fingerprint density at radius 3 is 2.45 bits per heavy atom. The highest BCUT2D eigenvalue weighted by molar-refractivity contribution is 7.98. The molecule has 142 valence electrons. The zero-order valence-electron chi connectivity index (χ0n) is 15.3. The molecule has 0 unspecified atom stereocenters. The van der Waals surface area contributed by atoms with Crippen LogP contribution in [0, 0.1) is 0 Å². The van der Waals surface area contributed by atoms with Crippen LogP contribution in [0.15, 0.2) is 90.3 Å². The van der Waals surface area contributed by atoms with Crippen molar-refractivity contribution in [3.8, 4) is 17.1 Å². The zero-order valence-corrected chi connectivity index (χ0v) is 16.9. The molecule has 0 aliphatic rings. The smallest absolute Gasteiger partial charge is 0.196 e. The van der Waals surface area contributed by atoms with Crippen LogP contribution in [0.1, 0.15) is 5.69 Å². The Morgan fingerprint density at radius 1 is 0.862 bits per heavy atom. The van der Waals surface area contributed by atoms with Crippen molar-refractivity contribution in [3.63, 3.8) is 0 Å². The van der Waals surface area contributed by atoms with E-state index in [0.29, 0.717) is 10.8 Å². The van der Waals surface area contributed by atoms with Gasteiger partial charge in [-0.1, -0.05) is 59.8 Å². The number of imidazole rings is 1. The Bertz CT molecular complexity index is 1230. The van der Waals surface area contributed by atoms with Crippen molar-refractivity contribution in [2.75, 3.05) is 0 Å². The van der Waals surface area contributed by atoms with Crippen LogP contribution in [-0.2, 0) is 5.75 Å². The molecule has 5 nitrogen and oxygen atoms in total. The predicted octanol–water partition coefficient (Wildman–Crippen LogP) is 5.53. The summed E-state index contributed by atoms with van der Waals surface area (Å²) in [5.74, 6) is 1.49. The zero-order chi connectivity index (χ0) is 19.6. The van der Waals surface area contributed by atoms with Gasteiger partial charge in [-0.3, -0.25) is 4.57 Å². The van der Waals surface area contributed by atoms with Gasteiger partial charge in [0.15, 0.2) is 11.0 Å². The number of nitrogens with zero attached hydrogens (tertiary/aromatic N) is 5. The summed E-state index contributed by atoms with van der Waals surface area (Å²) in [5.41, 5.74) is 3.91. The monoisotopic (exact) mass is 417 g/mol. The molecule has 0 saturated heterocycles. The summed E-state index contributed by atoms with van der Waals surface area (Å²) in [4.78, 5) is 4.67. The first-order valence-electron chi connectivity index (χ1n) is 9.10. The van der Waals surface area contributed by atoms with Gasteiger partial charge in [-0.05, 0) is 36.4 Å². The molecular weight excluding hydrogens is 402 g/mol. The Kier molecular flexibility index (Phi) is 4.79. The molecule has 0 amide bonds. The van der Waals surface area contributed by atoms with Crippen molar-refractivity contribution in [3.05, 3.63) is 95.9 Å². The first kappa shape index (κ1) is 18.0. The second kappa shape index (κ2) is 7.73. The van der Waals surface area contributed by atoms with Crippen LogP contribution in [0.3, 0.4) is 0 Å². The van der Waals surface area contributed by atoms with E-state index in [0.717, 1.165) is 33.6 Å². The van der Waals surface area contributed by atoms with E-state index < -0.39 is 0 Å². The number of benzene rings is 2. The van der Waals surface area contributed by atoms with Gasteiger partial charge in [0.25, 0.3) is 0 Å². The largest absolute Gasteiger partial charge is 0.307 e. The molecule has 0 spiro atoms. The van der Waals surface area contributed by atoms with Crippen LogP contribution in [0.4, 0.5) is 0 Å². The fraction of sp³-hybridized carbons (Fsp3) is 0.0455. The molecule has 0 bridgehead atoms. The highest BCUT2D eigenvalue weighted by Crippen LogP contribution is 2.30. The van der Waals surface area contributed by atoms with E-state index in [4.69, 9.17) is 11.6 Å². The summed E-state index contributed by atoms with van der Waals surface area (Å²) in [6.45, 7) is 0. The summed E-state index contributed by atoms with van der Waals surface area (Å²) in [6, 6.07) is 23.8. The fourth-order valence-corrected chi connectivity index (χ4v) is 4.12. The van der Waals surface area contributed by atoms with Gasteiger partial charge in [-0.2, -0.15) is 0 Å². The van der Waals surface area contributed by atoms with E-state index in [2.05, 4.69) is 19.7 Å². The molecule has 5 rings (SSSR count). The standard InChI is InChI=1S/C22H16ClN5S/c23-17-9-11-19(12-10-17)28-21(16-6-2-1-3-7-16)25-26-22(28)29-15-18-14-27-13-5-4-8-20(27)24-18/h1-14H,15H2. The van der Waals surface area contributed by atoms with Gasteiger partial charge >= 0.3 is 0 Å². The molecule has 0 radical (unpaired) electrons. The number of aromatic nitrogens is 5. The average Bonchev–Trinajstić information content (AvgIpc) is 3.37. The number of fused-ring (bicyclic) bond motifs is 1. The summed E-state index contributed by atoms with van der Waals surface area (Å²) >= 11 is 7.70. The van der Waals surface area contributed by atoms with Crippen molar-refractivity contribution in [1.29, 1.82) is 0 Å². The topological polar surface area (TPSA) is 48.0 Å². The molecule has 29 heavy (non-hydrogen) atoms. The van der Waals surface area contributed by atoms with E-state index in [9.17, 15) is 0 Å². The van der Waals surface area contributed by atoms with Gasteiger partial charge in [-0.25, -0.2) is 4.98 Å². The normalized spacial score (nSPS) is 11.2. The van der Waals surface area contributed by atoms with Gasteiger partial charge in [0.1, 0.15) is 5.65 Å². The Labute approximate surface area is 177 Å². The minimum absolute atomic E-state index is 0.696. The molecule has 0 N–H and O–H groups in total. The van der Waals surface area contributed by atoms with Crippen molar-refractivity contribution < 1.29 is 0 Å². The molecule has 0 fully saturated rings. The minimum Gasteiger partial charge on any atom is -0.307 e. The van der Waals surface area contributed by atoms with E-state index in [1.807, 2.05) is 89.6 Å². The minimum atomic E-state index is 0.696. The van der Waals surface area contributed by atoms with E-state index in [-0.39, 0.29) is 0 Å². The quantitative estimate of drug-likeness (QED) is 0.353. The van der Waals surface area contributed by atoms with Crippen molar-refractivity contribution in [2.45, 2.75) is 10.9 Å². The SMILES string of the molecule is Clc1ccc(-n2c(SCc3cn4ccccc4n3)nnc2-c2ccccc2)cc1. The van der Waals surface area contributed by atoms with Gasteiger partial charge in [0.2, 0.25) is 0 Å². The maximum absolute atomic E-state index is 6.09. The van der Waals surface area contributed by atoms with Crippen LogP contribution in [0.2, 0.25) is 5.02 Å². The number of hydrogen-bond acceptors (Lipinski definition) is 4. The maximum Gasteiger partial charge on any atom is 0.196 e. The molecule has 3 heterocycles. The molecule has 2 aromatic carbocycles. The third-order valence-electron chi connectivity index (χ3n) is 4.51. The molecule has 0 aliphatic heterocycles. The van der Waals surface area contributed by atoms with Crippen molar-refractivity contribution >= 4 is 29.0 Å². The van der Waals surface area contributed by atoms with Crippen LogP contribution in [0.5, 0.6) is 0 Å². The molecular formula is C22H16ClN5S. The van der Waals surface area contributed by atoms with Gasteiger partial charge in [0.05, 0.1) is 5.69 Å². The van der Waals surface area contributed by atoms with Crippen LogP contribution >= 0.6 is 23.4 Å². The summed E-state index contributed by atoms with van der Waals surface area (Å²) in [6.07, 6.45) is 4.05. The molecule has 0 atom stereocenters. The number of pyridine rings is 1. The van der Waals surface area contributed by atoms with Crippen molar-refractivity contribution in [2.24, 2.45) is 0 Å². The first-order chi connectivity index (χ1) is 14.3. The number of thioether (sulfide) groups is 1. The van der Waals surface area contributed by atoms with Crippen LogP contribution in [0.25, 0.3) is 22.7 Å². The summed E-state index contributed by atoms with van der Waals surface area (Å²) in [7, 11) is 0.